The van der Waals surface area contributed by atoms with E-state index in [9.17, 15) is 13.2 Å². The van der Waals surface area contributed by atoms with Gasteiger partial charge in [-0.25, -0.2) is 8.42 Å². The minimum atomic E-state index is -3.59. The zero-order valence-corrected chi connectivity index (χ0v) is 20.1. The highest BCUT2D eigenvalue weighted by Gasteiger charge is 2.28. The van der Waals surface area contributed by atoms with Crippen molar-refractivity contribution < 1.29 is 22.7 Å². The molecule has 0 aromatic heterocycles. The minimum Gasteiger partial charge on any atom is -0.490 e. The highest BCUT2D eigenvalue weighted by atomic mass is 32.2. The molecular weight excluding hydrogens is 442 g/mol. The number of para-hydroxylation sites is 2. The topological polar surface area (TPSA) is 88.2 Å². The first-order valence-corrected chi connectivity index (χ1v) is 12.8. The van der Waals surface area contributed by atoms with E-state index in [4.69, 9.17) is 9.47 Å². The lowest BCUT2D eigenvalue weighted by molar-refractivity contribution is -0.116. The third-order valence-electron chi connectivity index (χ3n) is 5.49. The Bertz CT molecular complexity index is 1020. The van der Waals surface area contributed by atoms with E-state index in [-0.39, 0.29) is 17.2 Å². The molecule has 33 heavy (non-hydrogen) atoms. The van der Waals surface area contributed by atoms with Crippen LogP contribution in [-0.2, 0) is 14.8 Å². The van der Waals surface area contributed by atoms with Crippen molar-refractivity contribution in [3.8, 4) is 11.5 Å². The van der Waals surface area contributed by atoms with Gasteiger partial charge in [0, 0.05) is 38.3 Å². The second-order valence-electron chi connectivity index (χ2n) is 7.75. The number of sulfonamides is 1. The number of rotatable bonds is 11. The lowest BCUT2D eigenvalue weighted by Crippen LogP contribution is -2.48. The second-order valence-corrected chi connectivity index (χ2v) is 9.68. The molecule has 1 N–H and O–H groups in total. The smallest absolute Gasteiger partial charge is 0.243 e. The fraction of sp³-hybridized carbons (Fsp3) is 0.458. The molecule has 2 aromatic carbocycles. The van der Waals surface area contributed by atoms with Crippen LogP contribution in [0.25, 0.3) is 0 Å². The van der Waals surface area contributed by atoms with Gasteiger partial charge in [0.25, 0.3) is 0 Å². The second kappa shape index (κ2) is 12.0. The van der Waals surface area contributed by atoms with Crippen molar-refractivity contribution in [3.05, 3.63) is 48.5 Å². The van der Waals surface area contributed by atoms with Crippen molar-refractivity contribution in [1.82, 2.24) is 9.21 Å². The van der Waals surface area contributed by atoms with Gasteiger partial charge in [-0.3, -0.25) is 4.79 Å². The lowest BCUT2D eigenvalue weighted by Gasteiger charge is -2.33. The van der Waals surface area contributed by atoms with Gasteiger partial charge < -0.3 is 19.7 Å². The molecule has 0 radical (unpaired) electrons. The van der Waals surface area contributed by atoms with Crippen LogP contribution in [0.5, 0.6) is 11.5 Å². The van der Waals surface area contributed by atoms with E-state index < -0.39 is 10.0 Å². The molecule has 1 fully saturated rings. The van der Waals surface area contributed by atoms with Crippen LogP contribution >= 0.6 is 0 Å². The zero-order chi connectivity index (χ0) is 23.7. The number of hydrogen-bond acceptors (Lipinski definition) is 6. The number of piperazine rings is 1. The van der Waals surface area contributed by atoms with Crippen LogP contribution in [0.3, 0.4) is 0 Å². The van der Waals surface area contributed by atoms with Gasteiger partial charge in [-0.1, -0.05) is 25.1 Å². The standard InChI is InChI=1S/C24H33N3O5S/c1-3-26-14-16-27(17-15-26)33(29,30)21-10-7-9-20(19-21)25-24(28)13-8-18-32-23-12-6-5-11-22(23)31-4-2/h5-7,9-12,19H,3-4,8,13-18H2,1-2H3,(H,25,28). The highest BCUT2D eigenvalue weighted by Crippen LogP contribution is 2.26. The van der Waals surface area contributed by atoms with Gasteiger partial charge in [0.2, 0.25) is 15.9 Å². The number of carbonyl (C=O) groups is 1. The van der Waals surface area contributed by atoms with Crippen LogP contribution in [0, 0.1) is 0 Å². The third-order valence-corrected chi connectivity index (χ3v) is 7.38. The number of amides is 1. The summed E-state index contributed by atoms with van der Waals surface area (Å²) >= 11 is 0. The van der Waals surface area contributed by atoms with E-state index in [2.05, 4.69) is 17.1 Å². The van der Waals surface area contributed by atoms with E-state index in [1.807, 2.05) is 31.2 Å². The van der Waals surface area contributed by atoms with Crippen molar-refractivity contribution in [1.29, 1.82) is 0 Å². The van der Waals surface area contributed by atoms with Crippen molar-refractivity contribution in [3.63, 3.8) is 0 Å². The summed E-state index contributed by atoms with van der Waals surface area (Å²) < 4.78 is 38.8. The number of nitrogens with zero attached hydrogens (tertiary/aromatic N) is 2. The van der Waals surface area contributed by atoms with Crippen molar-refractivity contribution >= 4 is 21.6 Å². The van der Waals surface area contributed by atoms with Gasteiger partial charge in [0.05, 0.1) is 18.1 Å². The number of ether oxygens (including phenoxy) is 2. The van der Waals surface area contributed by atoms with Crippen molar-refractivity contribution in [2.45, 2.75) is 31.6 Å². The Morgan fingerprint density at radius 1 is 0.970 bits per heavy atom. The van der Waals surface area contributed by atoms with E-state index in [0.717, 1.165) is 19.6 Å². The van der Waals surface area contributed by atoms with Gasteiger partial charge in [0.1, 0.15) is 0 Å². The number of likely N-dealkylation sites (N-methyl/N-ethyl adjacent to an activating group) is 1. The summed E-state index contributed by atoms with van der Waals surface area (Å²) in [5.41, 5.74) is 0.468. The number of carbonyl (C=O) groups excluding carboxylic acids is 1. The maximum atomic E-state index is 13.0. The Balaban J connectivity index is 1.50. The number of anilines is 1. The fourth-order valence-corrected chi connectivity index (χ4v) is 5.12. The summed E-state index contributed by atoms with van der Waals surface area (Å²) in [6, 6.07) is 13.9. The summed E-state index contributed by atoms with van der Waals surface area (Å²) in [7, 11) is -3.59. The van der Waals surface area contributed by atoms with E-state index in [1.54, 1.807) is 18.2 Å². The van der Waals surface area contributed by atoms with Gasteiger partial charge in [-0.05, 0) is 50.2 Å². The maximum absolute atomic E-state index is 13.0. The summed E-state index contributed by atoms with van der Waals surface area (Å²) in [6.07, 6.45) is 0.777. The number of benzene rings is 2. The zero-order valence-electron chi connectivity index (χ0n) is 19.3. The largest absolute Gasteiger partial charge is 0.490 e. The van der Waals surface area contributed by atoms with Crippen molar-refractivity contribution in [2.24, 2.45) is 0 Å². The predicted octanol–water partition coefficient (Wildman–Crippen LogP) is 3.21. The van der Waals surface area contributed by atoms with Gasteiger partial charge in [-0.15, -0.1) is 0 Å². The molecule has 1 aliphatic heterocycles. The molecule has 0 spiro atoms. The van der Waals surface area contributed by atoms with Gasteiger partial charge >= 0.3 is 0 Å². The molecule has 0 atom stereocenters. The number of nitrogens with one attached hydrogen (secondary N) is 1. The van der Waals surface area contributed by atoms with Gasteiger partial charge in [0.15, 0.2) is 11.5 Å². The monoisotopic (exact) mass is 475 g/mol. The third kappa shape index (κ3) is 6.93. The summed E-state index contributed by atoms with van der Waals surface area (Å²) in [4.78, 5) is 14.8. The molecule has 1 aliphatic rings. The Labute approximate surface area is 196 Å². The Kier molecular flexibility index (Phi) is 9.11. The first-order chi connectivity index (χ1) is 15.9. The molecule has 1 saturated heterocycles. The SMILES string of the molecule is CCOc1ccccc1OCCCC(=O)Nc1cccc(S(=O)(=O)N2CCN(CC)CC2)c1. The van der Waals surface area contributed by atoms with Gasteiger partial charge in [-0.2, -0.15) is 4.31 Å². The van der Waals surface area contributed by atoms with Crippen molar-refractivity contribution in [2.75, 3.05) is 51.3 Å². The Hall–Kier alpha value is -2.62. The summed E-state index contributed by atoms with van der Waals surface area (Å²) in [6.45, 7) is 8.21. The van der Waals surface area contributed by atoms with Crippen LogP contribution in [0.15, 0.2) is 53.4 Å². The molecule has 180 valence electrons. The first-order valence-electron chi connectivity index (χ1n) is 11.4. The molecule has 1 amide bonds. The highest BCUT2D eigenvalue weighted by molar-refractivity contribution is 7.89. The molecule has 8 nitrogen and oxygen atoms in total. The van der Waals surface area contributed by atoms with Crippen LogP contribution in [0.2, 0.25) is 0 Å². The normalized spacial score (nSPS) is 15.2. The summed E-state index contributed by atoms with van der Waals surface area (Å²) in [5.74, 6) is 1.14. The molecule has 0 bridgehead atoms. The molecule has 0 saturated carbocycles. The maximum Gasteiger partial charge on any atom is 0.243 e. The van der Waals surface area contributed by atoms with Crippen LogP contribution in [-0.4, -0.2) is 69.5 Å². The molecular formula is C24H33N3O5S. The van der Waals surface area contributed by atoms with Crippen LogP contribution in [0.1, 0.15) is 26.7 Å². The van der Waals surface area contributed by atoms with Crippen LogP contribution < -0.4 is 14.8 Å². The molecule has 3 rings (SSSR count). The van der Waals surface area contributed by atoms with E-state index in [0.29, 0.717) is 49.9 Å². The Morgan fingerprint density at radius 2 is 1.67 bits per heavy atom. The predicted molar refractivity (Wildman–Crippen MR) is 128 cm³/mol. The lowest BCUT2D eigenvalue weighted by atomic mass is 10.2. The summed E-state index contributed by atoms with van der Waals surface area (Å²) in [5, 5.41) is 2.79. The first kappa shape index (κ1) is 25.0. The van der Waals surface area contributed by atoms with E-state index in [1.165, 1.54) is 10.4 Å². The fourth-order valence-electron chi connectivity index (χ4n) is 3.65. The number of hydrogen-bond donors (Lipinski definition) is 1. The Morgan fingerprint density at radius 3 is 2.33 bits per heavy atom. The van der Waals surface area contributed by atoms with Crippen LogP contribution in [0.4, 0.5) is 5.69 Å². The minimum absolute atomic E-state index is 0.192. The molecule has 0 aliphatic carbocycles. The average Bonchev–Trinajstić information content (AvgIpc) is 2.83. The van der Waals surface area contributed by atoms with E-state index >= 15 is 0 Å². The quantitative estimate of drug-likeness (QED) is 0.502. The molecule has 0 unspecified atom stereocenters. The molecule has 1 heterocycles. The molecule has 2 aromatic rings. The average molecular weight is 476 g/mol. The molecule has 9 heteroatoms.